The van der Waals surface area contributed by atoms with Crippen molar-refractivity contribution in [2.45, 2.75) is 105 Å². The molecule has 1 saturated carbocycles. The van der Waals surface area contributed by atoms with E-state index in [0.717, 1.165) is 55.0 Å². The Bertz CT molecular complexity index is 2190. The lowest BCUT2D eigenvalue weighted by atomic mass is 9.97. The number of sulfonamides is 1. The van der Waals surface area contributed by atoms with Gasteiger partial charge in [-0.15, -0.1) is 0 Å². The number of carboxylic acids is 1. The van der Waals surface area contributed by atoms with Crippen LogP contribution in [0.2, 0.25) is 5.02 Å². The van der Waals surface area contributed by atoms with Gasteiger partial charge in [0.2, 0.25) is 15.9 Å². The van der Waals surface area contributed by atoms with Gasteiger partial charge in [-0.2, -0.15) is 17.5 Å². The number of alkyl halides is 3. The molecule has 4 atom stereocenters. The summed E-state index contributed by atoms with van der Waals surface area (Å²) in [7, 11) is -4.09. The predicted molar refractivity (Wildman–Crippen MR) is 206 cm³/mol. The Kier molecular flexibility index (Phi) is 11.9. The van der Waals surface area contributed by atoms with Gasteiger partial charge in [0, 0.05) is 30.6 Å². The Morgan fingerprint density at radius 3 is 2.04 bits per heavy atom. The van der Waals surface area contributed by atoms with Crippen molar-refractivity contribution in [3.05, 3.63) is 90.0 Å². The number of halogens is 4. The Labute approximate surface area is 333 Å². The first-order valence-electron chi connectivity index (χ1n) is 18.9. The van der Waals surface area contributed by atoms with Gasteiger partial charge in [0.05, 0.1) is 22.6 Å². The zero-order valence-electron chi connectivity index (χ0n) is 30.8. The van der Waals surface area contributed by atoms with Gasteiger partial charge in [0.1, 0.15) is 35.1 Å². The SMILES string of the molecule is NC1CC2CCC(C1)N2C(=O)[C@@H]1C[C@@H](Oc2ccc(Cl)c(Oc3ccccc3)c2)CN1S(=O)(=O)c1ccc2cc(OC3CCCC3)ccc2c1.O=C(O)C(F)(F)F. The van der Waals surface area contributed by atoms with Crippen molar-refractivity contribution in [1.82, 2.24) is 9.21 Å². The highest BCUT2D eigenvalue weighted by atomic mass is 35.5. The summed E-state index contributed by atoms with van der Waals surface area (Å²) in [5, 5.41) is 9.22. The summed E-state index contributed by atoms with van der Waals surface area (Å²) < 4.78 is 80.7. The van der Waals surface area contributed by atoms with Crippen molar-refractivity contribution in [2.75, 3.05) is 6.54 Å². The van der Waals surface area contributed by atoms with E-state index in [-0.39, 0.29) is 48.0 Å². The number of amides is 1. The third-order valence-corrected chi connectivity index (χ3v) is 13.1. The maximum absolute atomic E-state index is 14.5. The second kappa shape index (κ2) is 16.7. The van der Waals surface area contributed by atoms with Crippen LogP contribution in [0.5, 0.6) is 23.0 Å². The maximum Gasteiger partial charge on any atom is 0.490 e. The van der Waals surface area contributed by atoms with Crippen LogP contribution in [0, 0.1) is 0 Å². The number of carbonyl (C=O) groups excluding carboxylic acids is 1. The van der Waals surface area contributed by atoms with E-state index in [0.29, 0.717) is 22.3 Å². The average Bonchev–Trinajstić information content (AvgIpc) is 3.91. The molecule has 4 aliphatic rings. The van der Waals surface area contributed by atoms with Crippen LogP contribution >= 0.6 is 11.6 Å². The molecule has 3 aliphatic heterocycles. The Morgan fingerprint density at radius 1 is 0.772 bits per heavy atom. The fraction of sp³-hybridized carbons (Fsp3) is 0.415. The van der Waals surface area contributed by atoms with Crippen molar-refractivity contribution >= 4 is 44.3 Å². The van der Waals surface area contributed by atoms with Crippen LogP contribution in [-0.2, 0) is 19.6 Å². The fourth-order valence-corrected chi connectivity index (χ4v) is 10.1. The molecule has 2 bridgehead atoms. The minimum Gasteiger partial charge on any atom is -0.490 e. The number of carbonyl (C=O) groups is 2. The van der Waals surface area contributed by atoms with E-state index in [1.165, 1.54) is 17.1 Å². The standard InChI is InChI=1S/C39H42ClN3O6S.C2HF3O2/c40-36-17-15-33(23-38(36)49-31-6-2-1-3-7-31)48-34-22-37(39(44)43-28-12-13-29(43)21-27(41)20-28)42(24-34)50(45,46)35-16-11-25-18-32(14-10-26(25)19-35)47-30-8-4-5-9-30;3-2(4,5)1(6)7/h1-3,6-7,10-11,14-19,23,27-30,34,37H,4-5,8-9,12-13,20-22,24,41H2;(H,6,7)/t27?,28?,29?,34-,37+;/m1./s1. The zero-order valence-corrected chi connectivity index (χ0v) is 32.4. The first kappa shape index (κ1) is 40.6. The van der Waals surface area contributed by atoms with Crippen molar-refractivity contribution in [3.8, 4) is 23.0 Å². The summed E-state index contributed by atoms with van der Waals surface area (Å²) in [5.41, 5.74) is 6.33. The van der Waals surface area contributed by atoms with E-state index >= 15 is 0 Å². The molecule has 16 heteroatoms. The van der Waals surface area contributed by atoms with E-state index in [2.05, 4.69) is 0 Å². The second-order valence-electron chi connectivity index (χ2n) is 14.9. The van der Waals surface area contributed by atoms with E-state index < -0.39 is 34.3 Å². The molecule has 4 aromatic carbocycles. The van der Waals surface area contributed by atoms with Crippen LogP contribution < -0.4 is 19.9 Å². The van der Waals surface area contributed by atoms with Gasteiger partial charge >= 0.3 is 12.1 Å². The molecule has 2 unspecified atom stereocenters. The quantitative estimate of drug-likeness (QED) is 0.172. The minimum atomic E-state index is -5.08. The average molecular weight is 830 g/mol. The normalized spacial score (nSPS) is 23.9. The first-order valence-corrected chi connectivity index (χ1v) is 20.8. The number of piperidine rings is 1. The summed E-state index contributed by atoms with van der Waals surface area (Å²) in [5.74, 6) is -0.620. The number of nitrogens with zero attached hydrogens (tertiary/aromatic N) is 2. The van der Waals surface area contributed by atoms with Gasteiger partial charge in [-0.05, 0) is 111 Å². The molecule has 3 N–H and O–H groups in total. The van der Waals surface area contributed by atoms with Crippen LogP contribution in [0.25, 0.3) is 10.8 Å². The number of para-hydroxylation sites is 1. The molecule has 1 aliphatic carbocycles. The van der Waals surface area contributed by atoms with Gasteiger partial charge in [-0.1, -0.05) is 41.9 Å². The van der Waals surface area contributed by atoms with Crippen molar-refractivity contribution in [3.63, 3.8) is 0 Å². The molecular formula is C41H43ClF3N3O8S. The van der Waals surface area contributed by atoms with Crippen LogP contribution in [0.4, 0.5) is 13.2 Å². The summed E-state index contributed by atoms with van der Waals surface area (Å²) in [6.45, 7) is 0.0190. The minimum absolute atomic E-state index is 0.0190. The van der Waals surface area contributed by atoms with E-state index in [1.807, 2.05) is 59.5 Å². The lowest BCUT2D eigenvalue weighted by Crippen LogP contribution is -2.55. The van der Waals surface area contributed by atoms with Crippen molar-refractivity contribution in [1.29, 1.82) is 0 Å². The van der Waals surface area contributed by atoms with Crippen LogP contribution in [0.15, 0.2) is 89.8 Å². The number of hydrogen-bond acceptors (Lipinski definition) is 8. The number of carboxylic acid groups (broad SMARTS) is 1. The number of fused-ring (bicyclic) bond motifs is 3. The van der Waals surface area contributed by atoms with Crippen molar-refractivity contribution < 1.29 is 50.5 Å². The largest absolute Gasteiger partial charge is 0.490 e. The molecule has 3 saturated heterocycles. The lowest BCUT2D eigenvalue weighted by Gasteiger charge is -2.40. The number of aliphatic carboxylic acids is 1. The lowest BCUT2D eigenvalue weighted by molar-refractivity contribution is -0.192. The first-order chi connectivity index (χ1) is 27.2. The Balaban J connectivity index is 0.000000651. The number of benzene rings is 4. The molecule has 8 rings (SSSR count). The Hall–Kier alpha value is -4.57. The van der Waals surface area contributed by atoms with Gasteiger partial charge in [-0.3, -0.25) is 4.79 Å². The van der Waals surface area contributed by atoms with E-state index in [4.69, 9.17) is 41.4 Å². The number of ether oxygens (including phenoxy) is 3. The highest BCUT2D eigenvalue weighted by Gasteiger charge is 2.51. The molecule has 11 nitrogen and oxygen atoms in total. The van der Waals surface area contributed by atoms with Gasteiger partial charge in [0.15, 0.2) is 0 Å². The number of hydrogen-bond donors (Lipinski definition) is 2. The molecule has 1 amide bonds. The molecule has 0 radical (unpaired) electrons. The molecule has 0 aromatic heterocycles. The van der Waals surface area contributed by atoms with Crippen LogP contribution in [0.3, 0.4) is 0 Å². The van der Waals surface area contributed by atoms with E-state index in [9.17, 15) is 26.4 Å². The van der Waals surface area contributed by atoms with Crippen LogP contribution in [-0.4, -0.2) is 83.7 Å². The van der Waals surface area contributed by atoms with Crippen molar-refractivity contribution in [2.24, 2.45) is 5.73 Å². The maximum atomic E-state index is 14.5. The molecule has 3 heterocycles. The Morgan fingerprint density at radius 2 is 1.37 bits per heavy atom. The third-order valence-electron chi connectivity index (χ3n) is 10.9. The van der Waals surface area contributed by atoms with Crippen LogP contribution in [0.1, 0.15) is 57.8 Å². The highest BCUT2D eigenvalue weighted by Crippen LogP contribution is 2.40. The highest BCUT2D eigenvalue weighted by molar-refractivity contribution is 7.89. The smallest absolute Gasteiger partial charge is 0.490 e. The summed E-state index contributed by atoms with van der Waals surface area (Å²) in [4.78, 5) is 25.4. The van der Waals surface area contributed by atoms with Gasteiger partial charge in [0.25, 0.3) is 0 Å². The third kappa shape index (κ3) is 9.27. The molecule has 304 valence electrons. The summed E-state index contributed by atoms with van der Waals surface area (Å²) in [6.07, 6.45) is 2.49. The molecule has 57 heavy (non-hydrogen) atoms. The molecule has 4 fully saturated rings. The topological polar surface area (TPSA) is 149 Å². The summed E-state index contributed by atoms with van der Waals surface area (Å²) >= 11 is 6.46. The monoisotopic (exact) mass is 829 g/mol. The second-order valence-corrected chi connectivity index (χ2v) is 17.2. The zero-order chi connectivity index (χ0) is 40.5. The summed E-state index contributed by atoms with van der Waals surface area (Å²) in [6, 6.07) is 24.5. The molecule has 0 spiro atoms. The predicted octanol–water partition coefficient (Wildman–Crippen LogP) is 7.93. The number of nitrogens with two attached hydrogens (primary N) is 1. The van der Waals surface area contributed by atoms with Gasteiger partial charge < -0.3 is 30.0 Å². The van der Waals surface area contributed by atoms with E-state index in [1.54, 1.807) is 30.3 Å². The number of rotatable bonds is 9. The molecular weight excluding hydrogens is 787 g/mol. The molecule has 4 aromatic rings. The fourth-order valence-electron chi connectivity index (χ4n) is 8.31. The van der Waals surface area contributed by atoms with Gasteiger partial charge in [-0.25, -0.2) is 13.2 Å².